The first-order valence-electron chi connectivity index (χ1n) is 7.37. The molecule has 0 spiro atoms. The van der Waals surface area contributed by atoms with E-state index in [4.69, 9.17) is 0 Å². The Bertz CT molecular complexity index is 847. The molecule has 0 saturated heterocycles. The molecule has 1 aliphatic rings. The Morgan fingerprint density at radius 3 is 2.70 bits per heavy atom. The van der Waals surface area contributed by atoms with Crippen LogP contribution in [0.2, 0.25) is 0 Å². The van der Waals surface area contributed by atoms with Gasteiger partial charge in [0.15, 0.2) is 11.6 Å². The van der Waals surface area contributed by atoms with Crippen LogP contribution in [0.1, 0.15) is 29.8 Å². The zero-order chi connectivity index (χ0) is 16.6. The van der Waals surface area contributed by atoms with Crippen LogP contribution in [0.15, 0.2) is 23.1 Å². The lowest BCUT2D eigenvalue weighted by Gasteiger charge is -2.13. The second-order valence-corrected chi connectivity index (χ2v) is 7.37. The van der Waals surface area contributed by atoms with Crippen LogP contribution in [0.3, 0.4) is 0 Å². The largest absolute Gasteiger partial charge is 0.272 e. The van der Waals surface area contributed by atoms with Gasteiger partial charge in [-0.15, -0.1) is 0 Å². The number of sulfonamides is 1. The van der Waals surface area contributed by atoms with Crippen LogP contribution >= 0.6 is 0 Å². The second-order valence-electron chi connectivity index (χ2n) is 5.60. The predicted octanol–water partition coefficient (Wildman–Crippen LogP) is 2.06. The third kappa shape index (κ3) is 3.13. The summed E-state index contributed by atoms with van der Waals surface area (Å²) in [4.78, 5) is -0.304. The number of rotatable bonds is 4. The van der Waals surface area contributed by atoms with E-state index >= 15 is 0 Å². The van der Waals surface area contributed by atoms with Gasteiger partial charge in [-0.25, -0.2) is 21.9 Å². The third-order valence-corrected chi connectivity index (χ3v) is 5.48. The first-order valence-corrected chi connectivity index (χ1v) is 8.85. The van der Waals surface area contributed by atoms with Crippen molar-refractivity contribution in [2.75, 3.05) is 0 Å². The molecule has 3 rings (SSSR count). The average molecular weight is 341 g/mol. The maximum absolute atomic E-state index is 13.2. The lowest BCUT2D eigenvalue weighted by atomic mass is 9.96. The average Bonchev–Trinajstić information content (AvgIpc) is 2.85. The van der Waals surface area contributed by atoms with E-state index in [-0.39, 0.29) is 11.4 Å². The molecule has 1 heterocycles. The van der Waals surface area contributed by atoms with Crippen molar-refractivity contribution in [3.05, 3.63) is 46.8 Å². The van der Waals surface area contributed by atoms with Gasteiger partial charge in [0, 0.05) is 12.7 Å². The SMILES string of the molecule is Cn1nc(CNS(=O)(=O)c2ccc(F)c(F)c2)c2c1CCCC2. The molecular formula is C15H17F2N3O2S. The van der Waals surface area contributed by atoms with Crippen LogP contribution in [-0.2, 0) is 36.5 Å². The Morgan fingerprint density at radius 1 is 1.22 bits per heavy atom. The fourth-order valence-corrected chi connectivity index (χ4v) is 3.89. The minimum Gasteiger partial charge on any atom is -0.272 e. The molecule has 0 fully saturated rings. The first kappa shape index (κ1) is 16.1. The second kappa shape index (κ2) is 6.01. The van der Waals surface area contributed by atoms with Crippen LogP contribution in [-0.4, -0.2) is 18.2 Å². The fourth-order valence-electron chi connectivity index (χ4n) is 2.89. The van der Waals surface area contributed by atoms with E-state index < -0.39 is 21.7 Å². The van der Waals surface area contributed by atoms with Gasteiger partial charge in [0.2, 0.25) is 10.0 Å². The van der Waals surface area contributed by atoms with Crippen molar-refractivity contribution in [3.8, 4) is 0 Å². The normalized spacial score (nSPS) is 14.7. The number of aryl methyl sites for hydroxylation is 1. The van der Waals surface area contributed by atoms with E-state index in [1.54, 1.807) is 4.68 Å². The quantitative estimate of drug-likeness (QED) is 0.926. The molecule has 23 heavy (non-hydrogen) atoms. The van der Waals surface area contributed by atoms with E-state index in [1.165, 1.54) is 0 Å². The zero-order valence-corrected chi connectivity index (χ0v) is 13.5. The number of nitrogens with zero attached hydrogens (tertiary/aromatic N) is 2. The van der Waals surface area contributed by atoms with Gasteiger partial charge in [0.25, 0.3) is 0 Å². The van der Waals surface area contributed by atoms with Gasteiger partial charge in [-0.05, 0) is 49.4 Å². The number of halogens is 2. The standard InChI is InChI=1S/C15H17F2N3O2S/c1-20-15-5-3-2-4-11(15)14(19-20)9-18-23(21,22)10-6-7-12(16)13(17)8-10/h6-8,18H,2-5,9H2,1H3. The molecule has 8 heteroatoms. The molecule has 0 saturated carbocycles. The number of nitrogens with one attached hydrogen (secondary N) is 1. The fraction of sp³-hybridized carbons (Fsp3) is 0.400. The summed E-state index contributed by atoms with van der Waals surface area (Å²) >= 11 is 0. The molecule has 1 aliphatic carbocycles. The van der Waals surface area contributed by atoms with Gasteiger partial charge in [-0.3, -0.25) is 4.68 Å². The van der Waals surface area contributed by atoms with E-state index in [2.05, 4.69) is 9.82 Å². The minimum absolute atomic E-state index is 0.0322. The molecule has 1 N–H and O–H groups in total. The van der Waals surface area contributed by atoms with Crippen LogP contribution in [0.5, 0.6) is 0 Å². The summed E-state index contributed by atoms with van der Waals surface area (Å²) in [5.74, 6) is -2.27. The van der Waals surface area contributed by atoms with Crippen LogP contribution in [0.25, 0.3) is 0 Å². The highest BCUT2D eigenvalue weighted by atomic mass is 32.2. The van der Waals surface area contributed by atoms with Crippen molar-refractivity contribution < 1.29 is 17.2 Å². The summed E-state index contributed by atoms with van der Waals surface area (Å²) in [6.07, 6.45) is 3.98. The number of aromatic nitrogens is 2. The summed E-state index contributed by atoms with van der Waals surface area (Å²) in [5, 5.41) is 4.38. The molecule has 5 nitrogen and oxygen atoms in total. The zero-order valence-electron chi connectivity index (χ0n) is 12.6. The molecule has 0 radical (unpaired) electrons. The van der Waals surface area contributed by atoms with Crippen molar-refractivity contribution in [3.63, 3.8) is 0 Å². The van der Waals surface area contributed by atoms with Crippen molar-refractivity contribution in [1.29, 1.82) is 0 Å². The van der Waals surface area contributed by atoms with Crippen molar-refractivity contribution >= 4 is 10.0 Å². The summed E-state index contributed by atoms with van der Waals surface area (Å²) in [6.45, 7) is 0.0322. The van der Waals surface area contributed by atoms with E-state index in [1.807, 2.05) is 7.05 Å². The van der Waals surface area contributed by atoms with Crippen molar-refractivity contribution in [2.45, 2.75) is 37.1 Å². The van der Waals surface area contributed by atoms with Gasteiger partial charge >= 0.3 is 0 Å². The van der Waals surface area contributed by atoms with E-state index in [0.717, 1.165) is 49.1 Å². The molecule has 0 atom stereocenters. The van der Waals surface area contributed by atoms with Gasteiger partial charge < -0.3 is 0 Å². The number of fused-ring (bicyclic) bond motifs is 1. The molecule has 1 aromatic carbocycles. The Balaban J connectivity index is 1.81. The third-order valence-electron chi connectivity index (χ3n) is 4.08. The predicted molar refractivity (Wildman–Crippen MR) is 80.2 cm³/mol. The molecule has 1 aromatic heterocycles. The van der Waals surface area contributed by atoms with Crippen molar-refractivity contribution in [2.24, 2.45) is 7.05 Å². The Labute approximate surface area is 133 Å². The highest BCUT2D eigenvalue weighted by molar-refractivity contribution is 7.89. The highest BCUT2D eigenvalue weighted by Crippen LogP contribution is 2.24. The van der Waals surface area contributed by atoms with Crippen LogP contribution in [0, 0.1) is 11.6 Å². The number of hydrogen-bond donors (Lipinski definition) is 1. The topological polar surface area (TPSA) is 64.0 Å². The minimum atomic E-state index is -3.92. The van der Waals surface area contributed by atoms with Gasteiger partial charge in [-0.2, -0.15) is 5.10 Å². The molecule has 2 aromatic rings. The molecule has 0 aliphatic heterocycles. The maximum atomic E-state index is 13.2. The lowest BCUT2D eigenvalue weighted by molar-refractivity contribution is 0.504. The molecule has 0 amide bonds. The number of hydrogen-bond acceptors (Lipinski definition) is 3. The smallest absolute Gasteiger partial charge is 0.241 e. The Morgan fingerprint density at radius 2 is 1.96 bits per heavy atom. The molecule has 0 bridgehead atoms. The highest BCUT2D eigenvalue weighted by Gasteiger charge is 2.22. The van der Waals surface area contributed by atoms with E-state index in [9.17, 15) is 17.2 Å². The van der Waals surface area contributed by atoms with Gasteiger partial charge in [0.1, 0.15) is 0 Å². The Kier molecular flexibility index (Phi) is 4.20. The summed E-state index contributed by atoms with van der Waals surface area (Å²) in [5.41, 5.74) is 2.92. The monoisotopic (exact) mass is 341 g/mol. The summed E-state index contributed by atoms with van der Waals surface area (Å²) in [7, 11) is -2.08. The molecule has 124 valence electrons. The van der Waals surface area contributed by atoms with Gasteiger partial charge in [0.05, 0.1) is 17.1 Å². The van der Waals surface area contributed by atoms with Crippen molar-refractivity contribution in [1.82, 2.24) is 14.5 Å². The van der Waals surface area contributed by atoms with Crippen LogP contribution in [0.4, 0.5) is 8.78 Å². The number of benzene rings is 1. The maximum Gasteiger partial charge on any atom is 0.241 e. The lowest BCUT2D eigenvalue weighted by Crippen LogP contribution is -2.24. The van der Waals surface area contributed by atoms with Gasteiger partial charge in [-0.1, -0.05) is 0 Å². The van der Waals surface area contributed by atoms with Crippen LogP contribution < -0.4 is 4.72 Å². The summed E-state index contributed by atoms with van der Waals surface area (Å²) in [6, 6.07) is 2.51. The van der Waals surface area contributed by atoms with E-state index in [0.29, 0.717) is 11.8 Å². The first-order chi connectivity index (χ1) is 10.9. The molecule has 0 unspecified atom stereocenters. The molecular weight excluding hydrogens is 324 g/mol. The summed E-state index contributed by atoms with van der Waals surface area (Å²) < 4.78 is 54.8. The Hall–Kier alpha value is -1.80.